The number of anilines is 1. The van der Waals surface area contributed by atoms with Crippen molar-refractivity contribution < 1.29 is 26.7 Å². The maximum Gasteiger partial charge on any atom is 0.434 e. The summed E-state index contributed by atoms with van der Waals surface area (Å²) in [6.07, 6.45) is -0.981. The Balaban J connectivity index is 1.85. The first-order valence-corrected chi connectivity index (χ1v) is 10.6. The average molecular weight is 497 g/mol. The Morgan fingerprint density at radius 2 is 2.00 bits per heavy atom. The predicted octanol–water partition coefficient (Wildman–Crippen LogP) is 3.35. The van der Waals surface area contributed by atoms with Gasteiger partial charge in [-0.2, -0.15) is 13.2 Å². The Morgan fingerprint density at radius 1 is 1.26 bits per heavy atom. The number of hydrogen-bond donors (Lipinski definition) is 3. The number of amides is 1. The minimum absolute atomic E-state index is 0.00199. The number of alkyl halides is 5. The third-order valence-corrected chi connectivity index (χ3v) is 5.48. The molecule has 0 radical (unpaired) electrons. The summed E-state index contributed by atoms with van der Waals surface area (Å²) < 4.78 is 67.1. The van der Waals surface area contributed by atoms with Gasteiger partial charge >= 0.3 is 6.18 Å². The van der Waals surface area contributed by atoms with Crippen LogP contribution in [0, 0.1) is 11.3 Å². The van der Waals surface area contributed by atoms with Gasteiger partial charge in [0.05, 0.1) is 42.0 Å². The second kappa shape index (κ2) is 10.3. The molecule has 1 amide bonds. The minimum Gasteiger partial charge on any atom is -0.393 e. The number of nitrogens with one attached hydrogen (secondary N) is 3. The van der Waals surface area contributed by atoms with Crippen molar-refractivity contribution in [3.8, 4) is 0 Å². The first-order valence-electron chi connectivity index (χ1n) is 10.6. The first-order chi connectivity index (χ1) is 16.4. The van der Waals surface area contributed by atoms with Crippen molar-refractivity contribution >= 4 is 17.4 Å². The summed E-state index contributed by atoms with van der Waals surface area (Å²) in [6, 6.07) is 4.03. The van der Waals surface area contributed by atoms with Gasteiger partial charge in [-0.1, -0.05) is 13.0 Å². The van der Waals surface area contributed by atoms with Gasteiger partial charge in [-0.05, 0) is 18.1 Å². The van der Waals surface area contributed by atoms with Gasteiger partial charge in [0.25, 0.3) is 11.8 Å². The molecule has 1 aliphatic heterocycles. The van der Waals surface area contributed by atoms with Gasteiger partial charge < -0.3 is 15.5 Å². The van der Waals surface area contributed by atoms with Crippen molar-refractivity contribution in [1.82, 2.24) is 25.2 Å². The van der Waals surface area contributed by atoms with Crippen LogP contribution in [-0.4, -0.2) is 63.6 Å². The number of nitrogens with zero attached hydrogens (tertiary/aromatic N) is 4. The molecule has 2 aromatic rings. The van der Waals surface area contributed by atoms with Crippen LogP contribution in [0.5, 0.6) is 0 Å². The lowest BCUT2D eigenvalue weighted by Gasteiger charge is -2.43. The number of hydrogen-bond acceptors (Lipinski definition) is 7. The summed E-state index contributed by atoms with van der Waals surface area (Å²) in [4.78, 5) is 25.5. The van der Waals surface area contributed by atoms with E-state index in [1.54, 1.807) is 19.1 Å². The third-order valence-electron chi connectivity index (χ3n) is 5.48. The van der Waals surface area contributed by atoms with E-state index in [1.807, 2.05) is 0 Å². The molecule has 2 aromatic heterocycles. The van der Waals surface area contributed by atoms with Crippen LogP contribution in [0.25, 0.3) is 0 Å². The molecule has 2 unspecified atom stereocenters. The van der Waals surface area contributed by atoms with E-state index in [2.05, 4.69) is 25.6 Å². The Bertz CT molecular complexity index is 1070. The maximum atomic E-state index is 14.5. The lowest BCUT2D eigenvalue weighted by Crippen LogP contribution is -2.58. The zero-order valence-corrected chi connectivity index (χ0v) is 18.9. The quantitative estimate of drug-likeness (QED) is 0.308. The zero-order chi connectivity index (χ0) is 25.8. The lowest BCUT2D eigenvalue weighted by atomic mass is 9.87. The topological polar surface area (TPSA) is 107 Å². The van der Waals surface area contributed by atoms with E-state index >= 15 is 0 Å². The second-order valence-corrected chi connectivity index (χ2v) is 8.14. The minimum atomic E-state index is -4.65. The van der Waals surface area contributed by atoms with Gasteiger partial charge in [0.2, 0.25) is 0 Å². The number of halogens is 5. The molecule has 13 heteroatoms. The molecule has 0 bridgehead atoms. The summed E-state index contributed by atoms with van der Waals surface area (Å²) in [5.41, 5.74) is -1.38. The standard InChI is InChI=1S/C22H24F5N7O/c1-13-7-21(23,24)12-34(16(13)9-32-18-11-31-17(10-33-18)22(25,26)27)20(35)14(8-29-2)19(28)15-5-3-4-6-30-15/h3-6,8,10-11,13,16,28-29H,7,9,12H2,1-2H3,(H,32,33)/b14-8+,28-19?. The number of likely N-dealkylation sites (tertiary alicyclic amines) is 1. The van der Waals surface area contributed by atoms with E-state index in [4.69, 9.17) is 5.41 Å². The molecular formula is C22H24F5N7O. The van der Waals surface area contributed by atoms with Crippen LogP contribution in [0.15, 0.2) is 48.6 Å². The van der Waals surface area contributed by atoms with Crippen molar-refractivity contribution in [2.24, 2.45) is 5.92 Å². The van der Waals surface area contributed by atoms with Crippen LogP contribution in [0.3, 0.4) is 0 Å². The summed E-state index contributed by atoms with van der Waals surface area (Å²) in [6.45, 7) is 0.619. The SMILES string of the molecule is CN/C=C(\C(=N)c1ccccn1)C(=O)N1CC(F)(F)CC(C)C1CNc1cnc(C(F)(F)F)cn1. The number of piperidine rings is 1. The smallest absolute Gasteiger partial charge is 0.393 e. The highest BCUT2D eigenvalue weighted by atomic mass is 19.4. The highest BCUT2D eigenvalue weighted by Crippen LogP contribution is 2.35. The number of rotatable bonds is 7. The maximum absolute atomic E-state index is 14.5. The van der Waals surface area contributed by atoms with Crippen molar-refractivity contribution in [3.63, 3.8) is 0 Å². The molecule has 3 heterocycles. The Labute approximate surface area is 198 Å². The molecule has 0 aromatic carbocycles. The Kier molecular flexibility index (Phi) is 7.66. The Hall–Kier alpha value is -3.64. The molecule has 0 saturated carbocycles. The third kappa shape index (κ3) is 6.28. The van der Waals surface area contributed by atoms with Gasteiger partial charge in [-0.15, -0.1) is 0 Å². The molecule has 1 fully saturated rings. The normalized spacial score (nSPS) is 20.3. The number of aromatic nitrogens is 3. The molecule has 1 saturated heterocycles. The predicted molar refractivity (Wildman–Crippen MR) is 118 cm³/mol. The van der Waals surface area contributed by atoms with E-state index in [0.717, 1.165) is 11.1 Å². The van der Waals surface area contributed by atoms with Crippen molar-refractivity contribution in [2.75, 3.05) is 25.5 Å². The van der Waals surface area contributed by atoms with Gasteiger partial charge in [0, 0.05) is 32.4 Å². The molecule has 0 aliphatic carbocycles. The van der Waals surface area contributed by atoms with Gasteiger partial charge in [0.1, 0.15) is 5.82 Å². The lowest BCUT2D eigenvalue weighted by molar-refractivity contribution is -0.147. The van der Waals surface area contributed by atoms with Gasteiger partial charge in [0.15, 0.2) is 5.69 Å². The van der Waals surface area contributed by atoms with Crippen LogP contribution in [0.4, 0.5) is 27.8 Å². The van der Waals surface area contributed by atoms with Crippen molar-refractivity contribution in [2.45, 2.75) is 31.5 Å². The molecule has 2 atom stereocenters. The summed E-state index contributed by atoms with van der Waals surface area (Å²) >= 11 is 0. The molecule has 8 nitrogen and oxygen atoms in total. The number of pyridine rings is 1. The van der Waals surface area contributed by atoms with Gasteiger partial charge in [-0.3, -0.25) is 15.2 Å². The highest BCUT2D eigenvalue weighted by molar-refractivity contribution is 6.26. The van der Waals surface area contributed by atoms with Crippen LogP contribution >= 0.6 is 0 Å². The van der Waals surface area contributed by atoms with E-state index in [0.29, 0.717) is 6.20 Å². The molecule has 3 N–H and O–H groups in total. The second-order valence-electron chi connectivity index (χ2n) is 8.14. The van der Waals surface area contributed by atoms with E-state index in [-0.39, 0.29) is 29.3 Å². The monoisotopic (exact) mass is 497 g/mol. The molecule has 35 heavy (non-hydrogen) atoms. The fourth-order valence-electron chi connectivity index (χ4n) is 3.84. The zero-order valence-electron chi connectivity index (χ0n) is 18.9. The van der Waals surface area contributed by atoms with E-state index in [9.17, 15) is 26.7 Å². The fourth-order valence-corrected chi connectivity index (χ4v) is 3.84. The molecule has 1 aliphatic rings. The van der Waals surface area contributed by atoms with Crippen LogP contribution in [0.2, 0.25) is 0 Å². The largest absolute Gasteiger partial charge is 0.434 e. The molecule has 188 valence electrons. The van der Waals surface area contributed by atoms with Crippen LogP contribution in [0.1, 0.15) is 24.7 Å². The van der Waals surface area contributed by atoms with E-state index in [1.165, 1.54) is 25.5 Å². The number of carbonyl (C=O) groups excluding carboxylic acids is 1. The van der Waals surface area contributed by atoms with Gasteiger partial charge in [-0.25, -0.2) is 18.7 Å². The van der Waals surface area contributed by atoms with Crippen LogP contribution < -0.4 is 10.6 Å². The average Bonchev–Trinajstić information content (AvgIpc) is 2.80. The van der Waals surface area contributed by atoms with E-state index < -0.39 is 48.6 Å². The van der Waals surface area contributed by atoms with Crippen molar-refractivity contribution in [1.29, 1.82) is 5.41 Å². The van der Waals surface area contributed by atoms with Crippen molar-refractivity contribution in [3.05, 3.63) is 60.0 Å². The Morgan fingerprint density at radius 3 is 2.57 bits per heavy atom. The van der Waals surface area contributed by atoms with Crippen LogP contribution in [-0.2, 0) is 11.0 Å². The summed E-state index contributed by atoms with van der Waals surface area (Å²) in [7, 11) is 1.51. The molecule has 0 spiro atoms. The summed E-state index contributed by atoms with van der Waals surface area (Å²) in [5.74, 6) is -4.62. The first kappa shape index (κ1) is 26.0. The molecule has 3 rings (SSSR count). The number of carbonyl (C=O) groups is 1. The summed E-state index contributed by atoms with van der Waals surface area (Å²) in [5, 5.41) is 13.9. The highest BCUT2D eigenvalue weighted by Gasteiger charge is 2.46. The fraction of sp³-hybridized carbons (Fsp3) is 0.409. The molecular weight excluding hydrogens is 473 g/mol.